The topological polar surface area (TPSA) is 73.6 Å². The van der Waals surface area contributed by atoms with E-state index >= 15 is 0 Å². The SMILES string of the molecule is CCOc1ccc(Oc2ccccc2NC(=O)c2c(CC)noc2C)cc1. The van der Waals surface area contributed by atoms with Gasteiger partial charge in [0.25, 0.3) is 5.91 Å². The van der Waals surface area contributed by atoms with Gasteiger partial charge in [-0.1, -0.05) is 24.2 Å². The summed E-state index contributed by atoms with van der Waals surface area (Å²) in [6.07, 6.45) is 0.615. The van der Waals surface area contributed by atoms with Crippen molar-refractivity contribution in [2.45, 2.75) is 27.2 Å². The fourth-order valence-electron chi connectivity index (χ4n) is 2.69. The molecule has 0 fully saturated rings. The molecule has 1 aromatic heterocycles. The van der Waals surface area contributed by atoms with Crippen molar-refractivity contribution >= 4 is 11.6 Å². The molecule has 1 heterocycles. The third kappa shape index (κ3) is 4.28. The molecule has 0 saturated heterocycles. The molecule has 0 saturated carbocycles. The van der Waals surface area contributed by atoms with Crippen LogP contribution in [0.5, 0.6) is 17.2 Å². The molecule has 0 bridgehead atoms. The molecule has 0 aliphatic rings. The van der Waals surface area contributed by atoms with Gasteiger partial charge >= 0.3 is 0 Å². The lowest BCUT2D eigenvalue weighted by molar-refractivity contribution is 0.102. The maximum Gasteiger partial charge on any atom is 0.261 e. The number of aromatic nitrogens is 1. The van der Waals surface area contributed by atoms with Gasteiger partial charge < -0.3 is 19.3 Å². The second-order valence-corrected chi connectivity index (χ2v) is 5.87. The van der Waals surface area contributed by atoms with Crippen molar-refractivity contribution in [3.8, 4) is 17.2 Å². The molecule has 0 atom stereocenters. The number of nitrogens with one attached hydrogen (secondary N) is 1. The summed E-state index contributed by atoms with van der Waals surface area (Å²) in [5.74, 6) is 2.20. The Morgan fingerprint density at radius 1 is 1.07 bits per heavy atom. The zero-order chi connectivity index (χ0) is 19.2. The minimum Gasteiger partial charge on any atom is -0.494 e. The molecule has 0 radical (unpaired) electrons. The molecule has 140 valence electrons. The van der Waals surface area contributed by atoms with Gasteiger partial charge in [0.05, 0.1) is 18.0 Å². The quantitative estimate of drug-likeness (QED) is 0.638. The number of hydrogen-bond donors (Lipinski definition) is 1. The Balaban J connectivity index is 1.79. The molecule has 6 nitrogen and oxygen atoms in total. The van der Waals surface area contributed by atoms with Crippen LogP contribution in [0.4, 0.5) is 5.69 Å². The normalized spacial score (nSPS) is 10.5. The van der Waals surface area contributed by atoms with E-state index in [0.717, 1.165) is 5.75 Å². The summed E-state index contributed by atoms with van der Waals surface area (Å²) in [6.45, 7) is 6.20. The summed E-state index contributed by atoms with van der Waals surface area (Å²) in [5, 5.41) is 6.82. The monoisotopic (exact) mass is 366 g/mol. The zero-order valence-corrected chi connectivity index (χ0v) is 15.6. The Kier molecular flexibility index (Phi) is 5.76. The Bertz CT molecular complexity index is 916. The first kappa shape index (κ1) is 18.5. The highest BCUT2D eigenvalue weighted by atomic mass is 16.5. The molecular weight excluding hydrogens is 344 g/mol. The van der Waals surface area contributed by atoms with E-state index in [9.17, 15) is 4.79 Å². The fourth-order valence-corrected chi connectivity index (χ4v) is 2.69. The number of amides is 1. The molecule has 0 aliphatic heterocycles. The van der Waals surface area contributed by atoms with E-state index in [0.29, 0.717) is 47.2 Å². The van der Waals surface area contributed by atoms with Gasteiger partial charge in [-0.15, -0.1) is 0 Å². The average Bonchev–Trinajstić information content (AvgIpc) is 3.06. The number of carbonyl (C=O) groups excluding carboxylic acids is 1. The molecule has 3 rings (SSSR count). The molecule has 0 spiro atoms. The van der Waals surface area contributed by atoms with Crippen LogP contribution in [-0.2, 0) is 6.42 Å². The maximum atomic E-state index is 12.7. The fraction of sp³-hybridized carbons (Fsp3) is 0.238. The van der Waals surface area contributed by atoms with Crippen LogP contribution in [0.2, 0.25) is 0 Å². The summed E-state index contributed by atoms with van der Waals surface area (Å²) >= 11 is 0. The summed E-state index contributed by atoms with van der Waals surface area (Å²) in [7, 11) is 0. The first-order chi connectivity index (χ1) is 13.1. The third-order valence-corrected chi connectivity index (χ3v) is 3.99. The Labute approximate surface area is 158 Å². The molecule has 1 N–H and O–H groups in total. The van der Waals surface area contributed by atoms with Gasteiger partial charge in [0.15, 0.2) is 5.75 Å². The number of para-hydroxylation sites is 2. The standard InChI is InChI=1S/C21H22N2O4/c1-4-17-20(14(3)27-23-17)21(24)22-18-8-6-7-9-19(18)26-16-12-10-15(11-13-16)25-5-2/h6-13H,4-5H2,1-3H3,(H,22,24). The molecule has 6 heteroatoms. The van der Waals surface area contributed by atoms with Gasteiger partial charge in [0.1, 0.15) is 22.8 Å². The Morgan fingerprint density at radius 2 is 1.78 bits per heavy atom. The van der Waals surface area contributed by atoms with Crippen molar-refractivity contribution < 1.29 is 18.8 Å². The van der Waals surface area contributed by atoms with Crippen LogP contribution in [-0.4, -0.2) is 17.7 Å². The molecule has 0 aliphatic carbocycles. The number of hydrogen-bond acceptors (Lipinski definition) is 5. The lowest BCUT2D eigenvalue weighted by atomic mass is 10.1. The van der Waals surface area contributed by atoms with E-state index in [4.69, 9.17) is 14.0 Å². The van der Waals surface area contributed by atoms with Crippen LogP contribution < -0.4 is 14.8 Å². The zero-order valence-electron chi connectivity index (χ0n) is 15.6. The van der Waals surface area contributed by atoms with Gasteiger partial charge in [0, 0.05) is 0 Å². The van der Waals surface area contributed by atoms with Crippen LogP contribution >= 0.6 is 0 Å². The lowest BCUT2D eigenvalue weighted by Gasteiger charge is -2.12. The molecule has 3 aromatic rings. The van der Waals surface area contributed by atoms with Gasteiger partial charge in [-0.3, -0.25) is 4.79 Å². The van der Waals surface area contributed by atoms with Gasteiger partial charge in [-0.05, 0) is 56.7 Å². The van der Waals surface area contributed by atoms with E-state index in [1.807, 2.05) is 50.2 Å². The number of rotatable bonds is 7. The summed E-state index contributed by atoms with van der Waals surface area (Å²) < 4.78 is 16.5. The second-order valence-electron chi connectivity index (χ2n) is 5.87. The predicted octanol–water partition coefficient (Wildman–Crippen LogP) is 4.99. The smallest absolute Gasteiger partial charge is 0.261 e. The van der Waals surface area contributed by atoms with Crippen LogP contribution in [0.3, 0.4) is 0 Å². The number of aryl methyl sites for hydroxylation is 2. The van der Waals surface area contributed by atoms with E-state index in [1.165, 1.54) is 0 Å². The van der Waals surface area contributed by atoms with Crippen LogP contribution in [0, 0.1) is 6.92 Å². The lowest BCUT2D eigenvalue weighted by Crippen LogP contribution is -2.14. The van der Waals surface area contributed by atoms with Gasteiger partial charge in [-0.25, -0.2) is 0 Å². The molecule has 2 aromatic carbocycles. The summed E-state index contributed by atoms with van der Waals surface area (Å²) in [4.78, 5) is 12.7. The third-order valence-electron chi connectivity index (χ3n) is 3.99. The van der Waals surface area contributed by atoms with E-state index in [2.05, 4.69) is 10.5 Å². The van der Waals surface area contributed by atoms with Crippen LogP contribution in [0.25, 0.3) is 0 Å². The molecule has 1 amide bonds. The summed E-state index contributed by atoms with van der Waals surface area (Å²) in [5.41, 5.74) is 1.67. The molecular formula is C21H22N2O4. The predicted molar refractivity (Wildman–Crippen MR) is 103 cm³/mol. The van der Waals surface area contributed by atoms with Crippen molar-refractivity contribution in [2.75, 3.05) is 11.9 Å². The number of anilines is 1. The minimum absolute atomic E-state index is 0.270. The number of carbonyl (C=O) groups is 1. The molecule has 27 heavy (non-hydrogen) atoms. The second kappa shape index (κ2) is 8.40. The van der Waals surface area contributed by atoms with Gasteiger partial charge in [-0.2, -0.15) is 0 Å². The van der Waals surface area contributed by atoms with Crippen molar-refractivity contribution in [3.05, 3.63) is 65.5 Å². The number of ether oxygens (including phenoxy) is 2. The Hall–Kier alpha value is -3.28. The number of benzene rings is 2. The van der Waals surface area contributed by atoms with E-state index in [1.54, 1.807) is 19.1 Å². The Morgan fingerprint density at radius 3 is 2.48 bits per heavy atom. The van der Waals surface area contributed by atoms with Crippen molar-refractivity contribution in [1.29, 1.82) is 0 Å². The first-order valence-electron chi connectivity index (χ1n) is 8.88. The largest absolute Gasteiger partial charge is 0.494 e. The highest BCUT2D eigenvalue weighted by Gasteiger charge is 2.20. The van der Waals surface area contributed by atoms with Crippen molar-refractivity contribution in [3.63, 3.8) is 0 Å². The highest BCUT2D eigenvalue weighted by Crippen LogP contribution is 2.31. The first-order valence-corrected chi connectivity index (χ1v) is 8.88. The van der Waals surface area contributed by atoms with Crippen LogP contribution in [0.1, 0.15) is 35.7 Å². The molecule has 0 unspecified atom stereocenters. The maximum absolute atomic E-state index is 12.7. The van der Waals surface area contributed by atoms with Crippen molar-refractivity contribution in [1.82, 2.24) is 5.16 Å². The number of nitrogens with zero attached hydrogens (tertiary/aromatic N) is 1. The minimum atomic E-state index is -0.270. The van der Waals surface area contributed by atoms with Crippen molar-refractivity contribution in [2.24, 2.45) is 0 Å². The average molecular weight is 366 g/mol. The van der Waals surface area contributed by atoms with Crippen LogP contribution in [0.15, 0.2) is 53.1 Å². The van der Waals surface area contributed by atoms with E-state index < -0.39 is 0 Å². The van der Waals surface area contributed by atoms with Gasteiger partial charge in [0.2, 0.25) is 0 Å². The van der Waals surface area contributed by atoms with E-state index in [-0.39, 0.29) is 5.91 Å². The summed E-state index contributed by atoms with van der Waals surface area (Å²) in [6, 6.07) is 14.6. The highest BCUT2D eigenvalue weighted by molar-refractivity contribution is 6.06.